The van der Waals surface area contributed by atoms with E-state index in [-0.39, 0.29) is 24.0 Å². The van der Waals surface area contributed by atoms with Crippen LogP contribution in [-0.2, 0) is 30.7 Å². The Labute approximate surface area is 284 Å². The molecule has 0 bridgehead atoms. The Kier molecular flexibility index (Phi) is 10.2. The van der Waals surface area contributed by atoms with Crippen molar-refractivity contribution in [2.75, 3.05) is 26.2 Å². The summed E-state index contributed by atoms with van der Waals surface area (Å²) in [5.41, 5.74) is 6.45. The summed E-state index contributed by atoms with van der Waals surface area (Å²) in [7, 11) is 0. The standard InChI is InChI=1S/C40H48N6O2/c47-39(45(28-31-12-3-1-4-13-31)24-11-23-43-25-22-41-30-43)37-29-44(26-27-46(37)40(48)42-34-16-5-2-6-17-34)38-35-18-9-7-14-32(35)20-21-33-15-8-10-19-36(33)38/h1,3-4,7-10,12-15,18-19,22,25,30,34,37-38H,2,5-6,11,16-17,20-21,23-24,26-29H2,(H,42,48)/t37-/m1/s1. The molecule has 2 fully saturated rings. The largest absolute Gasteiger partial charge is 0.337 e. The molecule has 1 aromatic heterocycles. The molecule has 48 heavy (non-hydrogen) atoms. The molecule has 3 amide bonds. The fourth-order valence-corrected chi connectivity index (χ4v) is 8.03. The van der Waals surface area contributed by atoms with E-state index in [4.69, 9.17) is 0 Å². The second-order valence-corrected chi connectivity index (χ2v) is 13.7. The van der Waals surface area contributed by atoms with E-state index >= 15 is 0 Å². The fourth-order valence-electron chi connectivity index (χ4n) is 8.03. The highest BCUT2D eigenvalue weighted by Crippen LogP contribution is 2.38. The van der Waals surface area contributed by atoms with Gasteiger partial charge in [0.15, 0.2) is 0 Å². The number of urea groups is 1. The lowest BCUT2D eigenvalue weighted by Crippen LogP contribution is -2.64. The Morgan fingerprint density at radius 1 is 0.833 bits per heavy atom. The molecule has 0 spiro atoms. The summed E-state index contributed by atoms with van der Waals surface area (Å²) in [5, 5.41) is 3.35. The molecule has 8 heteroatoms. The van der Waals surface area contributed by atoms with Crippen LogP contribution in [0.25, 0.3) is 0 Å². The molecule has 2 heterocycles. The number of fused-ring (bicyclic) bond motifs is 2. The third kappa shape index (κ3) is 7.34. The highest BCUT2D eigenvalue weighted by Gasteiger charge is 2.41. The number of hydrogen-bond acceptors (Lipinski definition) is 4. The van der Waals surface area contributed by atoms with Gasteiger partial charge in [-0.2, -0.15) is 0 Å². The van der Waals surface area contributed by atoms with Crippen LogP contribution in [0.15, 0.2) is 97.6 Å². The first kappa shape index (κ1) is 32.1. The average Bonchev–Trinajstić information content (AvgIpc) is 3.59. The number of carbonyl (C=O) groups is 2. The van der Waals surface area contributed by atoms with Crippen molar-refractivity contribution in [1.29, 1.82) is 0 Å². The summed E-state index contributed by atoms with van der Waals surface area (Å²) in [6.45, 7) is 3.56. The Bertz CT molecular complexity index is 1600. The molecular weight excluding hydrogens is 596 g/mol. The van der Waals surface area contributed by atoms with Crippen LogP contribution in [0.2, 0.25) is 0 Å². The molecule has 4 aromatic rings. The average molecular weight is 645 g/mol. The minimum atomic E-state index is -0.595. The summed E-state index contributed by atoms with van der Waals surface area (Å²) in [6.07, 6.45) is 13.9. The van der Waals surface area contributed by atoms with E-state index in [1.54, 1.807) is 6.20 Å². The number of piperazine rings is 1. The van der Waals surface area contributed by atoms with E-state index in [0.717, 1.165) is 57.1 Å². The van der Waals surface area contributed by atoms with Gasteiger partial charge in [-0.15, -0.1) is 0 Å². The van der Waals surface area contributed by atoms with Gasteiger partial charge in [-0.1, -0.05) is 98.1 Å². The molecule has 8 nitrogen and oxygen atoms in total. The van der Waals surface area contributed by atoms with Crippen LogP contribution in [0, 0.1) is 0 Å². The molecule has 250 valence electrons. The van der Waals surface area contributed by atoms with Gasteiger partial charge in [-0.25, -0.2) is 9.78 Å². The van der Waals surface area contributed by atoms with Gasteiger partial charge in [-0.05, 0) is 59.9 Å². The number of nitrogens with one attached hydrogen (secondary N) is 1. The predicted molar refractivity (Wildman–Crippen MR) is 188 cm³/mol. The number of amides is 3. The first-order valence-electron chi connectivity index (χ1n) is 17.9. The van der Waals surface area contributed by atoms with Gasteiger partial charge in [0.05, 0.1) is 12.4 Å². The Morgan fingerprint density at radius 2 is 1.52 bits per heavy atom. The van der Waals surface area contributed by atoms with E-state index in [1.165, 1.54) is 28.7 Å². The van der Waals surface area contributed by atoms with Crippen molar-refractivity contribution >= 4 is 11.9 Å². The molecule has 2 aliphatic carbocycles. The maximum atomic E-state index is 14.9. The van der Waals surface area contributed by atoms with Crippen LogP contribution in [-0.4, -0.2) is 74.5 Å². The zero-order valence-electron chi connectivity index (χ0n) is 27.9. The molecule has 1 N–H and O–H groups in total. The van der Waals surface area contributed by atoms with Crippen molar-refractivity contribution in [3.05, 3.63) is 125 Å². The van der Waals surface area contributed by atoms with E-state index in [1.807, 2.05) is 40.5 Å². The number of hydrogen-bond donors (Lipinski definition) is 1. The van der Waals surface area contributed by atoms with E-state index < -0.39 is 6.04 Å². The second kappa shape index (κ2) is 15.2. The molecule has 0 radical (unpaired) electrons. The molecule has 3 aromatic carbocycles. The zero-order valence-corrected chi connectivity index (χ0v) is 27.9. The number of nitrogens with zero attached hydrogens (tertiary/aromatic N) is 5. The third-order valence-electron chi connectivity index (χ3n) is 10.6. The Morgan fingerprint density at radius 3 is 2.21 bits per heavy atom. The van der Waals surface area contributed by atoms with Gasteiger partial charge >= 0.3 is 6.03 Å². The van der Waals surface area contributed by atoms with Crippen LogP contribution < -0.4 is 5.32 Å². The van der Waals surface area contributed by atoms with Gasteiger partial charge in [0.25, 0.3) is 0 Å². The third-order valence-corrected chi connectivity index (χ3v) is 10.6. The molecule has 1 atom stereocenters. The molecule has 7 rings (SSSR count). The fraction of sp³-hybridized carbons (Fsp3) is 0.425. The lowest BCUT2D eigenvalue weighted by atomic mass is 9.92. The maximum Gasteiger partial charge on any atom is 0.318 e. The smallest absolute Gasteiger partial charge is 0.318 e. The molecular formula is C40H48N6O2. The van der Waals surface area contributed by atoms with E-state index in [2.05, 4.69) is 80.4 Å². The topological polar surface area (TPSA) is 73.7 Å². The van der Waals surface area contributed by atoms with E-state index in [9.17, 15) is 9.59 Å². The van der Waals surface area contributed by atoms with Crippen molar-refractivity contribution in [3.63, 3.8) is 0 Å². The first-order chi connectivity index (χ1) is 23.6. The van der Waals surface area contributed by atoms with Gasteiger partial charge < -0.3 is 19.7 Å². The lowest BCUT2D eigenvalue weighted by Gasteiger charge is -2.45. The summed E-state index contributed by atoms with van der Waals surface area (Å²) in [4.78, 5) is 39.5. The Balaban J connectivity index is 1.20. The van der Waals surface area contributed by atoms with Crippen LogP contribution >= 0.6 is 0 Å². The van der Waals surface area contributed by atoms with Crippen molar-refractivity contribution in [2.24, 2.45) is 0 Å². The quantitative estimate of drug-likeness (QED) is 0.235. The highest BCUT2D eigenvalue weighted by molar-refractivity contribution is 5.88. The lowest BCUT2D eigenvalue weighted by molar-refractivity contribution is -0.139. The number of carbonyl (C=O) groups excluding carboxylic acids is 2. The monoisotopic (exact) mass is 644 g/mol. The van der Waals surface area contributed by atoms with Crippen molar-refractivity contribution in [3.8, 4) is 0 Å². The number of benzene rings is 3. The second-order valence-electron chi connectivity index (χ2n) is 13.7. The summed E-state index contributed by atoms with van der Waals surface area (Å²) in [6, 6.07) is 27.3. The minimum Gasteiger partial charge on any atom is -0.337 e. The van der Waals surface area contributed by atoms with Crippen LogP contribution in [0.4, 0.5) is 4.79 Å². The summed E-state index contributed by atoms with van der Waals surface area (Å²) in [5.74, 6) is 0.0168. The molecule has 3 aliphatic rings. The van der Waals surface area contributed by atoms with Gasteiger partial charge in [0, 0.05) is 57.7 Å². The van der Waals surface area contributed by atoms with Crippen LogP contribution in [0.1, 0.15) is 72.4 Å². The molecule has 1 saturated heterocycles. The number of imidazole rings is 1. The minimum absolute atomic E-state index is 0.0168. The van der Waals surface area contributed by atoms with Gasteiger partial charge in [0.1, 0.15) is 6.04 Å². The van der Waals surface area contributed by atoms with Crippen LogP contribution in [0.3, 0.4) is 0 Å². The number of aryl methyl sites for hydroxylation is 3. The van der Waals surface area contributed by atoms with Gasteiger partial charge in [0.2, 0.25) is 5.91 Å². The highest BCUT2D eigenvalue weighted by atomic mass is 16.2. The molecule has 1 aliphatic heterocycles. The summed E-state index contributed by atoms with van der Waals surface area (Å²) >= 11 is 0. The number of rotatable bonds is 9. The van der Waals surface area contributed by atoms with Gasteiger partial charge in [-0.3, -0.25) is 9.69 Å². The van der Waals surface area contributed by atoms with E-state index in [0.29, 0.717) is 32.7 Å². The Hall–Kier alpha value is -4.43. The SMILES string of the molecule is O=C([C@H]1CN(C2c3ccccc3CCc3ccccc32)CCN1C(=O)NC1CCCCC1)N(CCCn1ccnc1)Cc1ccccc1. The first-order valence-corrected chi connectivity index (χ1v) is 17.9. The zero-order chi connectivity index (χ0) is 32.7. The van der Waals surface area contributed by atoms with Crippen molar-refractivity contribution in [1.82, 2.24) is 29.6 Å². The molecule has 1 saturated carbocycles. The number of aromatic nitrogens is 2. The normalized spacial score (nSPS) is 18.8. The maximum absolute atomic E-state index is 14.9. The molecule has 0 unspecified atom stereocenters. The van der Waals surface area contributed by atoms with Crippen LogP contribution in [0.5, 0.6) is 0 Å². The van der Waals surface area contributed by atoms with Crippen molar-refractivity contribution < 1.29 is 9.59 Å². The van der Waals surface area contributed by atoms with Crippen molar-refractivity contribution in [2.45, 2.75) is 82.6 Å². The predicted octanol–water partition coefficient (Wildman–Crippen LogP) is 6.22. The summed E-state index contributed by atoms with van der Waals surface area (Å²) < 4.78 is 2.05.